The summed E-state index contributed by atoms with van der Waals surface area (Å²) < 4.78 is 12.9. The summed E-state index contributed by atoms with van der Waals surface area (Å²) in [5.41, 5.74) is 0.502. The zero-order valence-electron chi connectivity index (χ0n) is 12.5. The Bertz CT molecular complexity index is 658. The van der Waals surface area contributed by atoms with Crippen molar-refractivity contribution in [2.24, 2.45) is 0 Å². The lowest BCUT2D eigenvalue weighted by atomic mass is 10.0. The molecule has 2 amide bonds. The van der Waals surface area contributed by atoms with Gasteiger partial charge in [0, 0.05) is 0 Å². The minimum Gasteiger partial charge on any atom is -0.386 e. The van der Waals surface area contributed by atoms with Crippen LogP contribution in [-0.4, -0.2) is 29.5 Å². The number of aliphatic hydroxyl groups is 1. The minimum atomic E-state index is -0.965. The SMILES string of the molecule is CC(NC(=O)CNC(=O)c1cccs1)C(O)c1ccc(F)cc1. The van der Waals surface area contributed by atoms with Crippen molar-refractivity contribution in [3.8, 4) is 0 Å². The van der Waals surface area contributed by atoms with Crippen LogP contribution in [0.3, 0.4) is 0 Å². The van der Waals surface area contributed by atoms with Gasteiger partial charge in [0.1, 0.15) is 5.82 Å². The number of hydrogen-bond donors (Lipinski definition) is 3. The third-order valence-electron chi connectivity index (χ3n) is 3.23. The van der Waals surface area contributed by atoms with E-state index in [1.54, 1.807) is 24.4 Å². The van der Waals surface area contributed by atoms with Crippen molar-refractivity contribution in [2.75, 3.05) is 6.54 Å². The van der Waals surface area contributed by atoms with Crippen molar-refractivity contribution >= 4 is 23.2 Å². The van der Waals surface area contributed by atoms with E-state index < -0.39 is 23.9 Å². The third kappa shape index (κ3) is 4.87. The van der Waals surface area contributed by atoms with Crippen LogP contribution in [0.4, 0.5) is 4.39 Å². The second-order valence-electron chi connectivity index (χ2n) is 5.01. The lowest BCUT2D eigenvalue weighted by molar-refractivity contribution is -0.121. The van der Waals surface area contributed by atoms with E-state index in [-0.39, 0.29) is 12.5 Å². The molecule has 3 N–H and O–H groups in total. The molecule has 0 radical (unpaired) electrons. The quantitative estimate of drug-likeness (QED) is 0.753. The standard InChI is InChI=1S/C16H17FN2O3S/c1-10(15(21)11-4-6-12(17)7-5-11)19-14(20)9-18-16(22)13-3-2-8-23-13/h2-8,10,15,21H,9H2,1H3,(H,18,22)(H,19,20). The number of benzene rings is 1. The van der Waals surface area contributed by atoms with Crippen LogP contribution in [0.15, 0.2) is 41.8 Å². The number of rotatable bonds is 6. The molecular formula is C16H17FN2O3S. The van der Waals surface area contributed by atoms with Gasteiger partial charge in [-0.2, -0.15) is 0 Å². The molecule has 7 heteroatoms. The molecule has 0 saturated heterocycles. The molecular weight excluding hydrogens is 319 g/mol. The molecule has 0 aliphatic rings. The molecule has 23 heavy (non-hydrogen) atoms. The van der Waals surface area contributed by atoms with E-state index in [4.69, 9.17) is 0 Å². The number of carbonyl (C=O) groups excluding carboxylic acids is 2. The van der Waals surface area contributed by atoms with Crippen molar-refractivity contribution < 1.29 is 19.1 Å². The topological polar surface area (TPSA) is 78.4 Å². The molecule has 2 atom stereocenters. The molecule has 0 bridgehead atoms. The monoisotopic (exact) mass is 336 g/mol. The first-order chi connectivity index (χ1) is 11.0. The second-order valence-corrected chi connectivity index (χ2v) is 5.96. The lowest BCUT2D eigenvalue weighted by Crippen LogP contribution is -2.43. The van der Waals surface area contributed by atoms with Crippen LogP contribution in [0.25, 0.3) is 0 Å². The molecule has 0 aliphatic heterocycles. The Kier molecular flexibility index (Phi) is 5.84. The summed E-state index contributed by atoms with van der Waals surface area (Å²) in [6, 6.07) is 8.25. The maximum Gasteiger partial charge on any atom is 0.261 e. The van der Waals surface area contributed by atoms with Gasteiger partial charge in [0.2, 0.25) is 5.91 Å². The van der Waals surface area contributed by atoms with E-state index in [2.05, 4.69) is 10.6 Å². The van der Waals surface area contributed by atoms with Crippen molar-refractivity contribution in [3.63, 3.8) is 0 Å². The third-order valence-corrected chi connectivity index (χ3v) is 4.10. The highest BCUT2D eigenvalue weighted by atomic mass is 32.1. The van der Waals surface area contributed by atoms with Gasteiger partial charge in [0.05, 0.1) is 23.6 Å². The molecule has 1 aromatic heterocycles. The van der Waals surface area contributed by atoms with Gasteiger partial charge in [-0.15, -0.1) is 11.3 Å². The molecule has 0 saturated carbocycles. The lowest BCUT2D eigenvalue weighted by Gasteiger charge is -2.20. The average Bonchev–Trinajstić information content (AvgIpc) is 3.07. The molecule has 2 rings (SSSR count). The number of thiophene rings is 1. The number of nitrogens with one attached hydrogen (secondary N) is 2. The van der Waals surface area contributed by atoms with Crippen LogP contribution < -0.4 is 10.6 Å². The highest BCUT2D eigenvalue weighted by Gasteiger charge is 2.19. The van der Waals surface area contributed by atoms with Gasteiger partial charge in [-0.25, -0.2) is 4.39 Å². The van der Waals surface area contributed by atoms with Gasteiger partial charge < -0.3 is 15.7 Å². The fraction of sp³-hybridized carbons (Fsp3) is 0.250. The average molecular weight is 336 g/mol. The normalized spacial score (nSPS) is 13.2. The van der Waals surface area contributed by atoms with Crippen molar-refractivity contribution in [3.05, 3.63) is 58.0 Å². The Balaban J connectivity index is 1.82. The fourth-order valence-electron chi connectivity index (χ4n) is 1.99. The number of aliphatic hydroxyl groups excluding tert-OH is 1. The van der Waals surface area contributed by atoms with E-state index in [0.29, 0.717) is 10.4 Å². The maximum atomic E-state index is 12.9. The predicted molar refractivity (Wildman–Crippen MR) is 85.6 cm³/mol. The van der Waals surface area contributed by atoms with Crippen molar-refractivity contribution in [2.45, 2.75) is 19.1 Å². The van der Waals surface area contributed by atoms with Crippen LogP contribution in [-0.2, 0) is 4.79 Å². The van der Waals surface area contributed by atoms with E-state index in [0.717, 1.165) is 0 Å². The van der Waals surface area contributed by atoms with E-state index in [9.17, 15) is 19.1 Å². The summed E-state index contributed by atoms with van der Waals surface area (Å²) in [6.45, 7) is 1.45. The molecule has 0 aliphatic carbocycles. The summed E-state index contributed by atoms with van der Waals surface area (Å²) in [5, 5.41) is 17.0. The van der Waals surface area contributed by atoms with Gasteiger partial charge in [-0.3, -0.25) is 9.59 Å². The van der Waals surface area contributed by atoms with Crippen molar-refractivity contribution in [1.82, 2.24) is 10.6 Å². The highest BCUT2D eigenvalue weighted by Crippen LogP contribution is 2.17. The number of amides is 2. The Morgan fingerprint density at radius 1 is 1.26 bits per heavy atom. The van der Waals surface area contributed by atoms with Crippen LogP contribution in [0.5, 0.6) is 0 Å². The summed E-state index contributed by atoms with van der Waals surface area (Å²) in [5.74, 6) is -1.13. The Morgan fingerprint density at radius 2 is 1.96 bits per heavy atom. The summed E-state index contributed by atoms with van der Waals surface area (Å²) in [7, 11) is 0. The molecule has 2 unspecified atom stereocenters. The molecule has 1 aromatic carbocycles. The molecule has 1 heterocycles. The first kappa shape index (κ1) is 17.1. The van der Waals surface area contributed by atoms with Crippen molar-refractivity contribution in [1.29, 1.82) is 0 Å². The molecule has 5 nitrogen and oxygen atoms in total. The van der Waals surface area contributed by atoms with Crippen LogP contribution in [0, 0.1) is 5.82 Å². The van der Waals surface area contributed by atoms with Crippen LogP contribution in [0.1, 0.15) is 28.3 Å². The Hall–Kier alpha value is -2.25. The zero-order chi connectivity index (χ0) is 16.8. The maximum absolute atomic E-state index is 12.9. The summed E-state index contributed by atoms with van der Waals surface area (Å²) in [4.78, 5) is 24.1. The number of halogens is 1. The first-order valence-electron chi connectivity index (χ1n) is 7.02. The van der Waals surface area contributed by atoms with Gasteiger partial charge in [0.25, 0.3) is 5.91 Å². The second kappa shape index (κ2) is 7.85. The fourth-order valence-corrected chi connectivity index (χ4v) is 2.63. The van der Waals surface area contributed by atoms with E-state index >= 15 is 0 Å². The zero-order valence-corrected chi connectivity index (χ0v) is 13.3. The van der Waals surface area contributed by atoms with E-state index in [1.807, 2.05) is 0 Å². The smallest absolute Gasteiger partial charge is 0.261 e. The Labute approximate surface area is 137 Å². The summed E-state index contributed by atoms with van der Waals surface area (Å²) in [6.07, 6.45) is -0.965. The van der Waals surface area contributed by atoms with Crippen LogP contribution >= 0.6 is 11.3 Å². The van der Waals surface area contributed by atoms with Gasteiger partial charge in [-0.05, 0) is 36.1 Å². The molecule has 122 valence electrons. The van der Waals surface area contributed by atoms with Gasteiger partial charge in [-0.1, -0.05) is 18.2 Å². The Morgan fingerprint density at radius 3 is 2.57 bits per heavy atom. The highest BCUT2D eigenvalue weighted by molar-refractivity contribution is 7.12. The largest absolute Gasteiger partial charge is 0.386 e. The number of hydrogen-bond acceptors (Lipinski definition) is 4. The molecule has 0 spiro atoms. The molecule has 2 aromatic rings. The first-order valence-corrected chi connectivity index (χ1v) is 7.90. The molecule has 0 fully saturated rings. The minimum absolute atomic E-state index is 0.183. The number of carbonyl (C=O) groups is 2. The summed E-state index contributed by atoms with van der Waals surface area (Å²) >= 11 is 1.29. The predicted octanol–water partition coefficient (Wildman–Crippen LogP) is 1.86. The van der Waals surface area contributed by atoms with Crippen LogP contribution in [0.2, 0.25) is 0 Å². The van der Waals surface area contributed by atoms with Gasteiger partial charge >= 0.3 is 0 Å². The van der Waals surface area contributed by atoms with Gasteiger partial charge in [0.15, 0.2) is 0 Å². The van der Waals surface area contributed by atoms with E-state index in [1.165, 1.54) is 35.6 Å².